The predicted octanol–water partition coefficient (Wildman–Crippen LogP) is 3.76. The Labute approximate surface area is 196 Å². The minimum atomic E-state index is -0.734. The van der Waals surface area contributed by atoms with E-state index in [-0.39, 0.29) is 30.4 Å². The number of fused-ring (bicyclic) bond motifs is 1. The minimum absolute atomic E-state index is 0. The van der Waals surface area contributed by atoms with Crippen LogP contribution in [-0.4, -0.2) is 30.2 Å². The van der Waals surface area contributed by atoms with Crippen molar-refractivity contribution in [1.82, 2.24) is 10.9 Å². The molecule has 1 aliphatic heterocycles. The van der Waals surface area contributed by atoms with Crippen molar-refractivity contribution in [2.45, 2.75) is 31.3 Å². The quantitative estimate of drug-likeness (QED) is 0.541. The highest BCUT2D eigenvalue weighted by Gasteiger charge is 2.30. The molecule has 0 saturated heterocycles. The number of benzene rings is 2. The van der Waals surface area contributed by atoms with Gasteiger partial charge >= 0.3 is 0 Å². The Morgan fingerprint density at radius 3 is 2.65 bits per heavy atom. The zero-order valence-electron chi connectivity index (χ0n) is 17.2. The molecule has 2 amide bonds. The second-order valence-corrected chi connectivity index (χ2v) is 9.00. The molecule has 10 heteroatoms. The number of halogens is 3. The van der Waals surface area contributed by atoms with Crippen molar-refractivity contribution in [3.05, 3.63) is 58.4 Å². The third kappa shape index (κ3) is 6.33. The largest absolute Gasteiger partial charge is 0.319 e. The molecule has 0 aliphatic carbocycles. The topological polar surface area (TPSA) is 87.5 Å². The Balaban J connectivity index is 0.00000341. The summed E-state index contributed by atoms with van der Waals surface area (Å²) in [4.78, 5) is 27.5. The van der Waals surface area contributed by atoms with E-state index in [1.54, 1.807) is 12.1 Å². The van der Waals surface area contributed by atoms with Gasteiger partial charge in [0.1, 0.15) is 5.82 Å². The van der Waals surface area contributed by atoms with Gasteiger partial charge in [-0.2, -0.15) is 0 Å². The molecular formula is C21H25Cl2FN4O2S. The molecule has 0 saturated carbocycles. The minimum Gasteiger partial charge on any atom is -0.319 e. The summed E-state index contributed by atoms with van der Waals surface area (Å²) in [6.07, 6.45) is 0. The first kappa shape index (κ1) is 25.4. The second kappa shape index (κ2) is 11.2. The number of hydrogen-bond donors (Lipinski definition) is 3. The van der Waals surface area contributed by atoms with Gasteiger partial charge in [0.2, 0.25) is 5.91 Å². The molecule has 0 spiro atoms. The van der Waals surface area contributed by atoms with Crippen LogP contribution < -0.4 is 21.5 Å². The maximum absolute atomic E-state index is 14.7. The predicted molar refractivity (Wildman–Crippen MR) is 125 cm³/mol. The summed E-state index contributed by atoms with van der Waals surface area (Å²) in [5, 5.41) is 0.587. The number of rotatable bonds is 6. The van der Waals surface area contributed by atoms with E-state index in [4.69, 9.17) is 17.3 Å². The molecule has 1 aliphatic rings. The van der Waals surface area contributed by atoms with Gasteiger partial charge in [0, 0.05) is 22.2 Å². The Bertz CT molecular complexity index is 944. The first-order valence-electron chi connectivity index (χ1n) is 9.57. The summed E-state index contributed by atoms with van der Waals surface area (Å²) < 4.78 is 14.7. The van der Waals surface area contributed by atoms with Crippen LogP contribution in [0.3, 0.4) is 0 Å². The monoisotopic (exact) mass is 486 g/mol. The van der Waals surface area contributed by atoms with Crippen molar-refractivity contribution in [1.29, 1.82) is 0 Å². The van der Waals surface area contributed by atoms with Crippen molar-refractivity contribution >= 4 is 53.3 Å². The smallest absolute Gasteiger partial charge is 0.268 e. The molecule has 168 valence electrons. The van der Waals surface area contributed by atoms with Gasteiger partial charge in [0.25, 0.3) is 5.91 Å². The zero-order chi connectivity index (χ0) is 21.8. The van der Waals surface area contributed by atoms with E-state index in [1.165, 1.54) is 28.8 Å². The number of hydrazine groups is 1. The van der Waals surface area contributed by atoms with Gasteiger partial charge < -0.3 is 10.6 Å². The summed E-state index contributed by atoms with van der Waals surface area (Å²) in [5.74, 6) is -0.906. The van der Waals surface area contributed by atoms with E-state index in [2.05, 4.69) is 10.9 Å². The van der Waals surface area contributed by atoms with E-state index >= 15 is 0 Å². The van der Waals surface area contributed by atoms with E-state index < -0.39 is 17.8 Å². The van der Waals surface area contributed by atoms with Crippen LogP contribution in [0.25, 0.3) is 0 Å². The van der Waals surface area contributed by atoms with Crippen LogP contribution in [0.2, 0.25) is 5.02 Å². The molecule has 0 bridgehead atoms. The van der Waals surface area contributed by atoms with E-state index in [0.29, 0.717) is 33.8 Å². The highest BCUT2D eigenvalue weighted by Crippen LogP contribution is 2.37. The van der Waals surface area contributed by atoms with Gasteiger partial charge in [0.15, 0.2) is 0 Å². The van der Waals surface area contributed by atoms with Crippen LogP contribution in [0, 0.1) is 11.7 Å². The lowest BCUT2D eigenvalue weighted by atomic mass is 10.1. The summed E-state index contributed by atoms with van der Waals surface area (Å²) in [5.41, 5.74) is 12.5. The molecule has 0 radical (unpaired) electrons. The van der Waals surface area contributed by atoms with Gasteiger partial charge in [-0.05, 0) is 35.7 Å². The fraction of sp³-hybridized carbons (Fsp3) is 0.333. The van der Waals surface area contributed by atoms with E-state index in [1.807, 2.05) is 26.0 Å². The molecule has 31 heavy (non-hydrogen) atoms. The molecule has 2 aromatic carbocycles. The van der Waals surface area contributed by atoms with Crippen LogP contribution in [0.4, 0.5) is 10.1 Å². The number of carbonyl (C=O) groups is 2. The van der Waals surface area contributed by atoms with Crippen molar-refractivity contribution in [3.8, 4) is 0 Å². The maximum atomic E-state index is 14.7. The van der Waals surface area contributed by atoms with Crippen molar-refractivity contribution < 1.29 is 14.0 Å². The van der Waals surface area contributed by atoms with Crippen LogP contribution in [-0.2, 0) is 11.3 Å². The number of nitrogens with zero attached hydrogens (tertiary/aromatic N) is 1. The van der Waals surface area contributed by atoms with Crippen LogP contribution in [0.15, 0.2) is 41.3 Å². The fourth-order valence-electron chi connectivity index (χ4n) is 2.95. The molecule has 1 atom stereocenters. The van der Waals surface area contributed by atoms with Crippen molar-refractivity contribution in [2.75, 3.05) is 17.2 Å². The summed E-state index contributed by atoms with van der Waals surface area (Å²) in [7, 11) is 0. The molecule has 3 rings (SSSR count). The second-order valence-electron chi connectivity index (χ2n) is 7.50. The molecule has 0 aromatic heterocycles. The number of thioether (sulfide) groups is 1. The van der Waals surface area contributed by atoms with E-state index in [9.17, 15) is 14.0 Å². The van der Waals surface area contributed by atoms with Crippen LogP contribution >= 0.6 is 35.8 Å². The molecular weight excluding hydrogens is 462 g/mol. The number of nitrogens with two attached hydrogens (primary N) is 1. The number of nitrogens with one attached hydrogen (secondary N) is 2. The Kier molecular flexibility index (Phi) is 9.14. The third-order valence-electron chi connectivity index (χ3n) is 4.55. The number of anilines is 1. The number of amides is 2. The third-order valence-corrected chi connectivity index (χ3v) is 5.97. The molecule has 6 nitrogen and oxygen atoms in total. The zero-order valence-corrected chi connectivity index (χ0v) is 19.5. The van der Waals surface area contributed by atoms with Gasteiger partial charge in [-0.3, -0.25) is 15.0 Å². The lowest BCUT2D eigenvalue weighted by molar-refractivity contribution is -0.119. The molecule has 0 unspecified atom stereocenters. The van der Waals surface area contributed by atoms with Crippen LogP contribution in [0.1, 0.15) is 29.8 Å². The van der Waals surface area contributed by atoms with Gasteiger partial charge in [-0.25, -0.2) is 9.82 Å². The lowest BCUT2D eigenvalue weighted by Crippen LogP contribution is -2.44. The average Bonchev–Trinajstić information content (AvgIpc) is 2.80. The standard InChI is InChI=1S/C21H24ClFN4O2S.ClH/c1-12(2)9-25-26-20(28)15-7-18-19(8-16(15)23)30-11-17(24)21(29)27(18)10-13-3-5-14(22)6-4-13;/h3-8,12,17,25H,9-11,24H2,1-2H3,(H,26,28);1H/t17-;/m0./s1. The Morgan fingerprint density at radius 2 is 2.00 bits per heavy atom. The van der Waals surface area contributed by atoms with Gasteiger partial charge in [-0.15, -0.1) is 24.2 Å². The average molecular weight is 487 g/mol. The highest BCUT2D eigenvalue weighted by molar-refractivity contribution is 7.99. The number of carbonyl (C=O) groups excluding carboxylic acids is 2. The Hall–Kier alpha value is -1.84. The summed E-state index contributed by atoms with van der Waals surface area (Å²) in [6, 6.07) is 9.06. The van der Waals surface area contributed by atoms with E-state index in [0.717, 1.165) is 5.56 Å². The Morgan fingerprint density at radius 1 is 1.32 bits per heavy atom. The highest BCUT2D eigenvalue weighted by atomic mass is 35.5. The first-order chi connectivity index (χ1) is 14.3. The lowest BCUT2D eigenvalue weighted by Gasteiger charge is -2.25. The fourth-order valence-corrected chi connectivity index (χ4v) is 4.08. The number of hydrogen-bond acceptors (Lipinski definition) is 5. The maximum Gasteiger partial charge on any atom is 0.268 e. The summed E-state index contributed by atoms with van der Waals surface area (Å²) >= 11 is 7.25. The van der Waals surface area contributed by atoms with Crippen molar-refractivity contribution in [3.63, 3.8) is 0 Å². The molecule has 0 fully saturated rings. The molecule has 2 aromatic rings. The molecule has 1 heterocycles. The molecule has 4 N–H and O–H groups in total. The van der Waals surface area contributed by atoms with Crippen LogP contribution in [0.5, 0.6) is 0 Å². The first-order valence-corrected chi connectivity index (χ1v) is 10.9. The SMILES string of the molecule is CC(C)CNNC(=O)c1cc2c(cc1F)SC[C@H](N)C(=O)N2Cc1ccc(Cl)cc1.Cl. The van der Waals surface area contributed by atoms with Crippen molar-refractivity contribution in [2.24, 2.45) is 11.7 Å². The van der Waals surface area contributed by atoms with Gasteiger partial charge in [-0.1, -0.05) is 37.6 Å². The van der Waals surface area contributed by atoms with Gasteiger partial charge in [0.05, 0.1) is 23.8 Å². The summed E-state index contributed by atoms with van der Waals surface area (Å²) in [6.45, 7) is 4.76. The normalized spacial score (nSPS) is 15.9.